The molecule has 0 amide bonds. The zero-order valence-corrected chi connectivity index (χ0v) is 24.0. The summed E-state index contributed by atoms with van der Waals surface area (Å²) in [7, 11) is 0. The van der Waals surface area contributed by atoms with E-state index in [9.17, 15) is 29.4 Å². The maximum Gasteiger partial charge on any atom is 2.00 e. The number of carboxylic acids is 2. The first-order valence-corrected chi connectivity index (χ1v) is 11.3. The minimum atomic E-state index is -1.39. The van der Waals surface area contributed by atoms with Crippen molar-refractivity contribution in [2.45, 2.75) is 79.1 Å². The first kappa shape index (κ1) is 36.4. The second-order valence-corrected chi connectivity index (χ2v) is 7.40. The molecule has 0 rings (SSSR count). The van der Waals surface area contributed by atoms with E-state index in [-0.39, 0.29) is 45.5 Å². The molecule has 33 heavy (non-hydrogen) atoms. The van der Waals surface area contributed by atoms with Gasteiger partial charge in [0.2, 0.25) is 0 Å². The van der Waals surface area contributed by atoms with Gasteiger partial charge in [0.25, 0.3) is 0 Å². The number of carbonyl (C=O) groups is 4. The van der Waals surface area contributed by atoms with E-state index in [1.54, 1.807) is 0 Å². The Labute approximate surface area is 235 Å². The molecule has 0 saturated carbocycles. The first-order chi connectivity index (χ1) is 15.2. The van der Waals surface area contributed by atoms with Gasteiger partial charge in [-0.2, -0.15) is 0 Å². The van der Waals surface area contributed by atoms with Crippen molar-refractivity contribution < 1.29 is 38.9 Å². The summed E-state index contributed by atoms with van der Waals surface area (Å²) in [4.78, 5) is 42.2. The quantitative estimate of drug-likeness (QED) is 0.164. The summed E-state index contributed by atoms with van der Waals surface area (Å²) in [6.45, 7) is 9.03. The zero-order valence-electron chi connectivity index (χ0n) is 20.5. The van der Waals surface area contributed by atoms with E-state index in [1.807, 2.05) is 13.8 Å². The fourth-order valence-corrected chi connectivity index (χ4v) is 2.56. The van der Waals surface area contributed by atoms with Crippen LogP contribution >= 0.6 is 0 Å². The van der Waals surface area contributed by atoms with Crippen LogP contribution < -0.4 is 10.2 Å². The van der Waals surface area contributed by atoms with Gasteiger partial charge in [-0.3, -0.25) is 0 Å². The van der Waals surface area contributed by atoms with Gasteiger partial charge in [-0.05, 0) is 36.8 Å². The molecule has 8 nitrogen and oxygen atoms in total. The predicted molar refractivity (Wildman–Crippen MR) is 123 cm³/mol. The van der Waals surface area contributed by atoms with Crippen LogP contribution in [0.3, 0.4) is 0 Å². The molecule has 0 spiro atoms. The second kappa shape index (κ2) is 25.5. The number of unbranched alkanes of at least 4 members (excludes halogenated alkanes) is 2. The van der Waals surface area contributed by atoms with Gasteiger partial charge >= 0.3 is 57.4 Å². The van der Waals surface area contributed by atoms with Crippen molar-refractivity contribution in [2.75, 3.05) is 13.2 Å². The van der Waals surface area contributed by atoms with Gasteiger partial charge in [0.15, 0.2) is 0 Å². The topological polar surface area (TPSA) is 133 Å². The number of ether oxygens (including phenoxy) is 2. The Hall–Kier alpha value is -1.16. The summed E-state index contributed by atoms with van der Waals surface area (Å²) in [5.74, 6) is -3.32. The minimum absolute atomic E-state index is 0. The summed E-state index contributed by atoms with van der Waals surface area (Å²) in [6.07, 6.45) is 11.6. The summed E-state index contributed by atoms with van der Waals surface area (Å²) < 4.78 is 9.85. The van der Waals surface area contributed by atoms with E-state index >= 15 is 0 Å². The fraction of sp³-hybridized carbons (Fsp3) is 0.667. The third-order valence-corrected chi connectivity index (χ3v) is 4.72. The number of carboxylic acid groups (broad SMARTS) is 2. The number of rotatable bonds is 16. The molecule has 2 atom stereocenters. The molecule has 0 aromatic heterocycles. The Balaban J connectivity index is -0.000000529. The molecule has 9 heteroatoms. The van der Waals surface area contributed by atoms with Crippen LogP contribution in [0.2, 0.25) is 0 Å². The Morgan fingerprint density at radius 2 is 1.00 bits per heavy atom. The monoisotopic (exact) mass is 542 g/mol. The SMILES string of the molecule is CCCCC(CC)COC(=O)C=CC(=O)[O-].CCCCC(CC)COC(=O)C=CC(=O)[O-].[Sr+2]. The summed E-state index contributed by atoms with van der Waals surface area (Å²) in [5.41, 5.74) is 0. The molecule has 0 aliphatic rings. The molecule has 0 aliphatic carbocycles. The Morgan fingerprint density at radius 1 is 0.667 bits per heavy atom. The smallest absolute Gasteiger partial charge is 0.545 e. The molecule has 0 N–H and O–H groups in total. The van der Waals surface area contributed by atoms with E-state index < -0.39 is 23.9 Å². The fourth-order valence-electron chi connectivity index (χ4n) is 2.56. The summed E-state index contributed by atoms with van der Waals surface area (Å²) in [6, 6.07) is 0. The van der Waals surface area contributed by atoms with Crippen LogP contribution in [0.15, 0.2) is 24.3 Å². The molecular formula is C24H38O8Sr. The molecule has 0 saturated heterocycles. The zero-order chi connectivity index (χ0) is 24.8. The molecular weight excluding hydrogens is 504 g/mol. The molecule has 0 aromatic rings. The average molecular weight is 542 g/mol. The maximum atomic E-state index is 11.0. The first-order valence-electron chi connectivity index (χ1n) is 11.3. The maximum absolute atomic E-state index is 11.0. The Kier molecular flexibility index (Phi) is 28.1. The van der Waals surface area contributed by atoms with Gasteiger partial charge in [0.1, 0.15) is 0 Å². The minimum Gasteiger partial charge on any atom is -0.545 e. The van der Waals surface area contributed by atoms with E-state index in [0.29, 0.717) is 37.2 Å². The number of hydrogen-bond donors (Lipinski definition) is 0. The van der Waals surface area contributed by atoms with Crippen molar-refractivity contribution in [2.24, 2.45) is 11.8 Å². The van der Waals surface area contributed by atoms with E-state index in [2.05, 4.69) is 13.8 Å². The molecule has 2 unspecified atom stereocenters. The molecule has 0 heterocycles. The molecule has 0 fully saturated rings. The normalized spacial score (nSPS) is 12.2. The van der Waals surface area contributed by atoms with E-state index in [0.717, 1.165) is 63.5 Å². The number of aliphatic carboxylic acids is 2. The van der Waals surface area contributed by atoms with Gasteiger partial charge in [0, 0.05) is 12.2 Å². The van der Waals surface area contributed by atoms with Crippen LogP contribution in [0.5, 0.6) is 0 Å². The molecule has 0 bridgehead atoms. The van der Waals surface area contributed by atoms with Crippen LogP contribution in [0, 0.1) is 11.8 Å². The van der Waals surface area contributed by atoms with Gasteiger partial charge in [-0.25, -0.2) is 9.59 Å². The van der Waals surface area contributed by atoms with Crippen molar-refractivity contribution in [3.05, 3.63) is 24.3 Å². The molecule has 0 aliphatic heterocycles. The molecule has 0 radical (unpaired) electrons. The summed E-state index contributed by atoms with van der Waals surface area (Å²) in [5, 5.41) is 20.1. The van der Waals surface area contributed by atoms with Gasteiger partial charge in [-0.15, -0.1) is 0 Å². The third-order valence-electron chi connectivity index (χ3n) is 4.72. The van der Waals surface area contributed by atoms with Crippen molar-refractivity contribution in [3.63, 3.8) is 0 Å². The van der Waals surface area contributed by atoms with Crippen molar-refractivity contribution in [3.8, 4) is 0 Å². The molecule has 0 aromatic carbocycles. The number of carbonyl (C=O) groups excluding carboxylic acids is 4. The van der Waals surface area contributed by atoms with Gasteiger partial charge in [0.05, 0.1) is 25.2 Å². The third kappa shape index (κ3) is 27.0. The second-order valence-electron chi connectivity index (χ2n) is 7.40. The number of esters is 2. The van der Waals surface area contributed by atoms with Crippen molar-refractivity contribution in [1.82, 2.24) is 0 Å². The van der Waals surface area contributed by atoms with Crippen LogP contribution in [-0.4, -0.2) is 82.6 Å². The Bertz CT molecular complexity index is 549. The molecule has 184 valence electrons. The predicted octanol–water partition coefficient (Wildman–Crippen LogP) is 1.72. The van der Waals surface area contributed by atoms with Crippen LogP contribution in [0.4, 0.5) is 0 Å². The average Bonchev–Trinajstić information content (AvgIpc) is 2.76. The van der Waals surface area contributed by atoms with Crippen LogP contribution in [0.1, 0.15) is 79.1 Å². The van der Waals surface area contributed by atoms with Crippen molar-refractivity contribution in [1.29, 1.82) is 0 Å². The van der Waals surface area contributed by atoms with Crippen LogP contribution in [0.25, 0.3) is 0 Å². The summed E-state index contributed by atoms with van der Waals surface area (Å²) >= 11 is 0. The van der Waals surface area contributed by atoms with E-state index in [4.69, 9.17) is 9.47 Å². The number of hydrogen-bond acceptors (Lipinski definition) is 8. The standard InChI is InChI=1S/2C12H20O4.Sr/c2*1-3-5-6-10(4-2)9-16-12(15)8-7-11(13)14;/h2*7-8,10H,3-6,9H2,1-2H3,(H,13,14);/q;;+2/p-2. The van der Waals surface area contributed by atoms with Crippen LogP contribution in [-0.2, 0) is 28.7 Å². The van der Waals surface area contributed by atoms with Crippen molar-refractivity contribution >= 4 is 69.4 Å². The van der Waals surface area contributed by atoms with E-state index in [1.165, 1.54) is 0 Å². The van der Waals surface area contributed by atoms with Gasteiger partial charge in [-0.1, -0.05) is 66.2 Å². The van der Waals surface area contributed by atoms with Gasteiger partial charge < -0.3 is 29.3 Å². The Morgan fingerprint density at radius 3 is 1.24 bits per heavy atom. The largest absolute Gasteiger partial charge is 2.00 e.